The molecule has 3 amide bonds. The van der Waals surface area contributed by atoms with E-state index < -0.39 is 11.6 Å². The number of urea groups is 1. The van der Waals surface area contributed by atoms with Crippen LogP contribution in [0.15, 0.2) is 47.3 Å². The Bertz CT molecular complexity index is 886. The van der Waals surface area contributed by atoms with Crippen LogP contribution in [0.2, 0.25) is 0 Å². The van der Waals surface area contributed by atoms with Gasteiger partial charge in [0.2, 0.25) is 5.91 Å². The van der Waals surface area contributed by atoms with Gasteiger partial charge in [-0.15, -0.1) is 0 Å². The van der Waals surface area contributed by atoms with Gasteiger partial charge in [-0.1, -0.05) is 37.5 Å². The smallest absolute Gasteiger partial charge is 0.323 e. The zero-order valence-corrected chi connectivity index (χ0v) is 16.0. The summed E-state index contributed by atoms with van der Waals surface area (Å²) in [6.45, 7) is 1.71. The van der Waals surface area contributed by atoms with Crippen molar-refractivity contribution >= 4 is 23.3 Å². The quantitative estimate of drug-likeness (QED) is 0.741. The molecule has 1 heterocycles. The van der Waals surface area contributed by atoms with Crippen molar-refractivity contribution in [2.45, 2.75) is 51.6 Å². The maximum absolute atomic E-state index is 12.7. The number of nitrogens with zero attached hydrogens (tertiary/aromatic N) is 1. The fourth-order valence-electron chi connectivity index (χ4n) is 3.43. The first-order chi connectivity index (χ1) is 13.5. The van der Waals surface area contributed by atoms with Crippen LogP contribution in [0.3, 0.4) is 0 Å². The highest BCUT2D eigenvalue weighted by atomic mass is 16.2. The van der Waals surface area contributed by atoms with E-state index in [9.17, 15) is 14.4 Å². The molecule has 1 fully saturated rings. The molecule has 0 saturated heterocycles. The van der Waals surface area contributed by atoms with Crippen molar-refractivity contribution in [3.63, 3.8) is 0 Å². The molecule has 1 aromatic carbocycles. The Hall–Kier alpha value is -3.09. The highest BCUT2D eigenvalue weighted by Gasteiger charge is 2.17. The SMILES string of the molecule is Cc1ccc(NC(=O)Nc2ccccc2)c(=O)n1CC(=O)NC1CCCCC1. The van der Waals surface area contributed by atoms with Gasteiger partial charge in [-0.05, 0) is 44.0 Å². The molecule has 1 aliphatic rings. The first-order valence-corrected chi connectivity index (χ1v) is 9.66. The van der Waals surface area contributed by atoms with E-state index in [1.807, 2.05) is 6.07 Å². The summed E-state index contributed by atoms with van der Waals surface area (Å²) in [7, 11) is 0. The van der Waals surface area contributed by atoms with Crippen LogP contribution in [0.4, 0.5) is 16.2 Å². The third-order valence-corrected chi connectivity index (χ3v) is 4.94. The summed E-state index contributed by atoms with van der Waals surface area (Å²) in [5, 5.41) is 8.25. The molecule has 0 unspecified atom stereocenters. The van der Waals surface area contributed by atoms with E-state index in [1.54, 1.807) is 43.3 Å². The monoisotopic (exact) mass is 382 g/mol. The number of hydrogen-bond donors (Lipinski definition) is 3. The van der Waals surface area contributed by atoms with E-state index >= 15 is 0 Å². The van der Waals surface area contributed by atoms with Crippen molar-refractivity contribution in [3.05, 3.63) is 58.5 Å². The van der Waals surface area contributed by atoms with E-state index in [0.717, 1.165) is 25.7 Å². The average Bonchev–Trinajstić information content (AvgIpc) is 2.69. The summed E-state index contributed by atoms with van der Waals surface area (Å²) >= 11 is 0. The van der Waals surface area contributed by atoms with E-state index in [0.29, 0.717) is 11.4 Å². The van der Waals surface area contributed by atoms with Crippen LogP contribution in [-0.2, 0) is 11.3 Å². The fraction of sp³-hybridized carbons (Fsp3) is 0.381. The average molecular weight is 382 g/mol. The molecule has 7 nitrogen and oxygen atoms in total. The van der Waals surface area contributed by atoms with Gasteiger partial charge in [-0.2, -0.15) is 0 Å². The Morgan fingerprint density at radius 2 is 1.71 bits per heavy atom. The third kappa shape index (κ3) is 5.22. The second-order valence-corrected chi connectivity index (χ2v) is 7.13. The lowest BCUT2D eigenvalue weighted by molar-refractivity contribution is -0.122. The highest BCUT2D eigenvalue weighted by Crippen LogP contribution is 2.17. The number of amides is 3. The van der Waals surface area contributed by atoms with Gasteiger partial charge >= 0.3 is 6.03 Å². The number of carbonyl (C=O) groups is 2. The number of hydrogen-bond acceptors (Lipinski definition) is 3. The summed E-state index contributed by atoms with van der Waals surface area (Å²) in [6.07, 6.45) is 5.44. The molecular weight excluding hydrogens is 356 g/mol. The van der Waals surface area contributed by atoms with E-state index in [1.165, 1.54) is 11.0 Å². The minimum atomic E-state index is -0.509. The van der Waals surface area contributed by atoms with Gasteiger partial charge < -0.3 is 20.5 Å². The van der Waals surface area contributed by atoms with Crippen molar-refractivity contribution in [1.29, 1.82) is 0 Å². The van der Waals surface area contributed by atoms with Crippen molar-refractivity contribution in [2.75, 3.05) is 10.6 Å². The zero-order chi connectivity index (χ0) is 19.9. The number of aromatic nitrogens is 1. The molecule has 0 radical (unpaired) electrons. The lowest BCUT2D eigenvalue weighted by Gasteiger charge is -2.23. The molecule has 7 heteroatoms. The molecule has 0 bridgehead atoms. The fourth-order valence-corrected chi connectivity index (χ4v) is 3.43. The lowest BCUT2D eigenvalue weighted by Crippen LogP contribution is -2.40. The second-order valence-electron chi connectivity index (χ2n) is 7.13. The Balaban J connectivity index is 1.66. The number of aryl methyl sites for hydroxylation is 1. The summed E-state index contributed by atoms with van der Waals surface area (Å²) in [4.78, 5) is 37.3. The normalized spacial score (nSPS) is 14.3. The maximum Gasteiger partial charge on any atom is 0.323 e. The first kappa shape index (κ1) is 19.7. The summed E-state index contributed by atoms with van der Waals surface area (Å²) in [6, 6.07) is 11.9. The van der Waals surface area contributed by atoms with Crippen LogP contribution in [-0.4, -0.2) is 22.5 Å². The molecule has 3 rings (SSSR count). The highest BCUT2D eigenvalue weighted by molar-refractivity contribution is 5.99. The lowest BCUT2D eigenvalue weighted by atomic mass is 9.95. The largest absolute Gasteiger partial charge is 0.352 e. The van der Waals surface area contributed by atoms with Crippen LogP contribution in [0.1, 0.15) is 37.8 Å². The van der Waals surface area contributed by atoms with Crippen molar-refractivity contribution in [1.82, 2.24) is 9.88 Å². The Kier molecular flexibility index (Phi) is 6.47. The standard InChI is InChI=1S/C21H26N4O3/c1-15-12-13-18(24-21(28)23-17-10-6-3-7-11-17)20(27)25(15)14-19(26)22-16-8-4-2-5-9-16/h3,6-7,10-13,16H,2,4-5,8-9,14H2,1H3,(H,22,26)(H2,23,24,28). The van der Waals surface area contributed by atoms with Crippen molar-refractivity contribution in [2.24, 2.45) is 0 Å². The van der Waals surface area contributed by atoms with Gasteiger partial charge in [0, 0.05) is 17.4 Å². The molecule has 28 heavy (non-hydrogen) atoms. The van der Waals surface area contributed by atoms with Gasteiger partial charge in [0.05, 0.1) is 0 Å². The molecule has 0 aliphatic heterocycles. The minimum Gasteiger partial charge on any atom is -0.352 e. The van der Waals surface area contributed by atoms with Gasteiger partial charge in [0.15, 0.2) is 0 Å². The van der Waals surface area contributed by atoms with Crippen LogP contribution in [0.25, 0.3) is 0 Å². The molecule has 1 saturated carbocycles. The molecular formula is C21H26N4O3. The Morgan fingerprint density at radius 1 is 1.00 bits per heavy atom. The predicted octanol–water partition coefficient (Wildman–Crippen LogP) is 3.25. The zero-order valence-electron chi connectivity index (χ0n) is 16.0. The molecule has 0 atom stereocenters. The molecule has 1 aliphatic carbocycles. The topological polar surface area (TPSA) is 92.2 Å². The molecule has 1 aromatic heterocycles. The van der Waals surface area contributed by atoms with Crippen LogP contribution >= 0.6 is 0 Å². The van der Waals surface area contributed by atoms with Gasteiger partial charge in [-0.3, -0.25) is 9.59 Å². The number of para-hydroxylation sites is 1. The van der Waals surface area contributed by atoms with Crippen molar-refractivity contribution in [3.8, 4) is 0 Å². The summed E-state index contributed by atoms with van der Waals surface area (Å²) < 4.78 is 1.39. The van der Waals surface area contributed by atoms with Gasteiger partial charge in [0.1, 0.15) is 12.2 Å². The minimum absolute atomic E-state index is 0.0585. The summed E-state index contributed by atoms with van der Waals surface area (Å²) in [5.74, 6) is -0.178. The predicted molar refractivity (Wildman–Crippen MR) is 110 cm³/mol. The van der Waals surface area contributed by atoms with Crippen LogP contribution in [0, 0.1) is 6.92 Å². The van der Waals surface area contributed by atoms with E-state index in [2.05, 4.69) is 16.0 Å². The number of benzene rings is 1. The van der Waals surface area contributed by atoms with Gasteiger partial charge in [0.25, 0.3) is 5.56 Å². The maximum atomic E-state index is 12.7. The van der Waals surface area contributed by atoms with Crippen LogP contribution in [0.5, 0.6) is 0 Å². The van der Waals surface area contributed by atoms with E-state index in [4.69, 9.17) is 0 Å². The second kappa shape index (κ2) is 9.21. The number of rotatable bonds is 5. The molecule has 3 N–H and O–H groups in total. The Morgan fingerprint density at radius 3 is 2.43 bits per heavy atom. The third-order valence-electron chi connectivity index (χ3n) is 4.94. The Labute approximate surface area is 164 Å². The summed E-state index contributed by atoms with van der Waals surface area (Å²) in [5.41, 5.74) is 1.02. The van der Waals surface area contributed by atoms with Crippen molar-refractivity contribution < 1.29 is 9.59 Å². The van der Waals surface area contributed by atoms with Crippen LogP contribution < -0.4 is 21.5 Å². The molecule has 2 aromatic rings. The first-order valence-electron chi connectivity index (χ1n) is 9.66. The number of anilines is 2. The molecule has 0 spiro atoms. The molecule has 148 valence electrons. The number of nitrogens with one attached hydrogen (secondary N) is 3. The number of pyridine rings is 1. The number of carbonyl (C=O) groups excluding carboxylic acids is 2. The van der Waals surface area contributed by atoms with Gasteiger partial charge in [-0.25, -0.2) is 4.79 Å². The van der Waals surface area contributed by atoms with E-state index in [-0.39, 0.29) is 24.2 Å².